The Bertz CT molecular complexity index is 500. The molecule has 0 amide bonds. The number of hydrogen-bond donors (Lipinski definition) is 1. The van der Waals surface area contributed by atoms with E-state index in [0.717, 1.165) is 5.75 Å². The summed E-state index contributed by atoms with van der Waals surface area (Å²) in [5.74, 6) is 1.72. The summed E-state index contributed by atoms with van der Waals surface area (Å²) in [5, 5.41) is 19.5. The molecular formula is C16H19KO4. The molecule has 0 atom stereocenters. The Hall–Kier alpha value is -0.724. The molecule has 0 bridgehead atoms. The number of ether oxygens (including phenoxy) is 2. The van der Waals surface area contributed by atoms with E-state index in [1.54, 1.807) is 30.3 Å². The second kappa shape index (κ2) is 11.9. The second-order valence-corrected chi connectivity index (χ2v) is 3.83. The average molecular weight is 314 g/mol. The van der Waals surface area contributed by atoms with E-state index in [1.807, 2.05) is 19.9 Å². The van der Waals surface area contributed by atoms with Crippen LogP contribution in [0, 0.1) is 0 Å². The molecule has 0 fully saturated rings. The summed E-state index contributed by atoms with van der Waals surface area (Å²) in [6.45, 7) is 5.08. The molecular weight excluding hydrogens is 295 g/mol. The van der Waals surface area contributed by atoms with Gasteiger partial charge in [0.2, 0.25) is 0 Å². The summed E-state index contributed by atoms with van der Waals surface area (Å²) in [6.07, 6.45) is 0. The van der Waals surface area contributed by atoms with Crippen LogP contribution in [0.1, 0.15) is 13.8 Å². The zero-order valence-electron chi connectivity index (χ0n) is 12.7. The van der Waals surface area contributed by atoms with Gasteiger partial charge < -0.3 is 19.7 Å². The molecule has 0 radical (unpaired) electrons. The van der Waals surface area contributed by atoms with Gasteiger partial charge in [-0.3, -0.25) is 0 Å². The maximum Gasteiger partial charge on any atom is 1.00 e. The third-order valence-electron chi connectivity index (χ3n) is 2.26. The Morgan fingerprint density at radius 2 is 1.48 bits per heavy atom. The quantitative estimate of drug-likeness (QED) is 0.804. The van der Waals surface area contributed by atoms with Crippen LogP contribution >= 0.6 is 0 Å². The van der Waals surface area contributed by atoms with Crippen molar-refractivity contribution in [1.29, 1.82) is 0 Å². The number of rotatable bonds is 4. The zero-order chi connectivity index (χ0) is 14.8. The van der Waals surface area contributed by atoms with Gasteiger partial charge in [-0.2, -0.15) is 0 Å². The van der Waals surface area contributed by atoms with E-state index < -0.39 is 0 Å². The van der Waals surface area contributed by atoms with Crippen molar-refractivity contribution in [2.75, 3.05) is 13.2 Å². The summed E-state index contributed by atoms with van der Waals surface area (Å²) in [4.78, 5) is 0. The van der Waals surface area contributed by atoms with Gasteiger partial charge in [-0.15, -0.1) is 5.75 Å². The Morgan fingerprint density at radius 3 is 2.00 bits per heavy atom. The maximum absolute atomic E-state index is 10.6. The summed E-state index contributed by atoms with van der Waals surface area (Å²) in [5.41, 5.74) is 0. The largest absolute Gasteiger partial charge is 1.00 e. The molecule has 2 aromatic rings. The van der Waals surface area contributed by atoms with Gasteiger partial charge in [-0.1, -0.05) is 18.2 Å². The van der Waals surface area contributed by atoms with Crippen LogP contribution in [-0.2, 0) is 0 Å². The first-order valence-corrected chi connectivity index (χ1v) is 6.47. The molecule has 0 aliphatic heterocycles. The van der Waals surface area contributed by atoms with Crippen LogP contribution in [-0.4, -0.2) is 18.3 Å². The minimum atomic E-state index is 0. The maximum atomic E-state index is 10.6. The van der Waals surface area contributed by atoms with Gasteiger partial charge in [0, 0.05) is 6.07 Å². The van der Waals surface area contributed by atoms with Gasteiger partial charge in [-0.05, 0) is 38.1 Å². The van der Waals surface area contributed by atoms with E-state index in [9.17, 15) is 5.11 Å². The summed E-state index contributed by atoms with van der Waals surface area (Å²) in [6, 6.07) is 13.1. The minimum Gasteiger partial charge on any atom is -0.872 e. The second-order valence-electron chi connectivity index (χ2n) is 3.83. The molecule has 0 saturated carbocycles. The molecule has 0 saturated heterocycles. The number of hydrogen-bond acceptors (Lipinski definition) is 4. The third kappa shape index (κ3) is 9.01. The van der Waals surface area contributed by atoms with Crippen molar-refractivity contribution in [3.63, 3.8) is 0 Å². The van der Waals surface area contributed by atoms with E-state index in [0.29, 0.717) is 19.0 Å². The first-order valence-electron chi connectivity index (χ1n) is 6.47. The van der Waals surface area contributed by atoms with Crippen LogP contribution in [0.5, 0.6) is 23.0 Å². The number of phenols is 1. The van der Waals surface area contributed by atoms with E-state index in [-0.39, 0.29) is 62.9 Å². The molecule has 21 heavy (non-hydrogen) atoms. The van der Waals surface area contributed by atoms with Gasteiger partial charge in [-0.25, -0.2) is 0 Å². The summed E-state index contributed by atoms with van der Waals surface area (Å²) in [7, 11) is 0. The van der Waals surface area contributed by atoms with Crippen molar-refractivity contribution in [3.8, 4) is 23.0 Å². The van der Waals surface area contributed by atoms with Crippen LogP contribution in [0.4, 0.5) is 0 Å². The minimum absolute atomic E-state index is 0. The third-order valence-corrected chi connectivity index (χ3v) is 2.26. The Kier molecular flexibility index (Phi) is 11.5. The predicted molar refractivity (Wildman–Crippen MR) is 76.3 cm³/mol. The van der Waals surface area contributed by atoms with Crippen LogP contribution in [0.3, 0.4) is 0 Å². The molecule has 0 aliphatic carbocycles. The number of aromatic hydroxyl groups is 1. The van der Waals surface area contributed by atoms with Crippen molar-refractivity contribution in [3.05, 3.63) is 48.5 Å². The van der Waals surface area contributed by atoms with Crippen molar-refractivity contribution in [1.82, 2.24) is 0 Å². The average Bonchev–Trinajstić information content (AvgIpc) is 2.43. The normalized spacial score (nSPS) is 8.86. The smallest absolute Gasteiger partial charge is 0.872 e. The SMILES string of the molecule is CCOc1ccc([O-])cc1.CCOc1cccc(O)c1.[K+]. The van der Waals surface area contributed by atoms with Crippen LogP contribution in [0.2, 0.25) is 0 Å². The van der Waals surface area contributed by atoms with E-state index in [4.69, 9.17) is 14.6 Å². The molecule has 0 spiro atoms. The van der Waals surface area contributed by atoms with E-state index in [2.05, 4.69) is 0 Å². The van der Waals surface area contributed by atoms with Crippen LogP contribution < -0.4 is 66.0 Å². The van der Waals surface area contributed by atoms with Crippen molar-refractivity contribution in [2.45, 2.75) is 13.8 Å². The topological polar surface area (TPSA) is 61.8 Å². The zero-order valence-corrected chi connectivity index (χ0v) is 15.8. The first-order chi connectivity index (χ1) is 9.65. The standard InChI is InChI=1S/2C8H10O2.K/c1-2-10-8-5-3-7(9)4-6-8;1-2-10-8-5-3-4-7(9)6-8;/h2*3-6,9H,2H2,1H3;/q;;+1/p-1. The predicted octanol–water partition coefficient (Wildman–Crippen LogP) is -0.0462. The fourth-order valence-corrected chi connectivity index (χ4v) is 1.44. The van der Waals surface area contributed by atoms with Gasteiger partial charge in [0.25, 0.3) is 0 Å². The van der Waals surface area contributed by atoms with Crippen LogP contribution in [0.15, 0.2) is 48.5 Å². The molecule has 2 aromatic carbocycles. The monoisotopic (exact) mass is 314 g/mol. The fourth-order valence-electron chi connectivity index (χ4n) is 1.44. The number of phenolic OH excluding ortho intramolecular Hbond substituents is 1. The molecule has 0 heterocycles. The van der Waals surface area contributed by atoms with Crippen LogP contribution in [0.25, 0.3) is 0 Å². The van der Waals surface area contributed by atoms with Gasteiger partial charge in [0.05, 0.1) is 13.2 Å². The molecule has 0 unspecified atom stereocenters. The van der Waals surface area contributed by atoms with E-state index >= 15 is 0 Å². The summed E-state index contributed by atoms with van der Waals surface area (Å²) < 4.78 is 10.2. The molecule has 0 aliphatic rings. The Balaban J connectivity index is 0.000000364. The van der Waals surface area contributed by atoms with Gasteiger partial charge in [0.1, 0.15) is 17.2 Å². The molecule has 4 nitrogen and oxygen atoms in total. The first kappa shape index (κ1) is 20.3. The van der Waals surface area contributed by atoms with Crippen molar-refractivity contribution >= 4 is 0 Å². The van der Waals surface area contributed by atoms with E-state index in [1.165, 1.54) is 12.1 Å². The Labute approximate surface area is 168 Å². The Morgan fingerprint density at radius 1 is 0.905 bits per heavy atom. The molecule has 2 rings (SSSR count). The van der Waals surface area contributed by atoms with Crippen molar-refractivity contribution in [2.24, 2.45) is 0 Å². The van der Waals surface area contributed by atoms with Crippen molar-refractivity contribution < 1.29 is 71.1 Å². The molecule has 5 heteroatoms. The molecule has 0 aromatic heterocycles. The molecule has 108 valence electrons. The molecule has 1 N–H and O–H groups in total. The number of benzene rings is 2. The van der Waals surface area contributed by atoms with Gasteiger partial charge >= 0.3 is 51.4 Å². The van der Waals surface area contributed by atoms with Gasteiger partial charge in [0.15, 0.2) is 0 Å². The summed E-state index contributed by atoms with van der Waals surface area (Å²) >= 11 is 0. The fraction of sp³-hybridized carbons (Fsp3) is 0.250.